The fourth-order valence-electron chi connectivity index (χ4n) is 2.22. The van der Waals surface area contributed by atoms with E-state index in [0.29, 0.717) is 5.65 Å². The van der Waals surface area contributed by atoms with Crippen molar-refractivity contribution in [1.82, 2.24) is 14.5 Å². The maximum Gasteiger partial charge on any atom is 0.327 e. The lowest BCUT2D eigenvalue weighted by Crippen LogP contribution is -2.21. The van der Waals surface area contributed by atoms with E-state index in [-0.39, 0.29) is 11.7 Å². The van der Waals surface area contributed by atoms with Crippen LogP contribution in [0, 0.1) is 6.92 Å². The molecule has 2 aromatic heterocycles. The van der Waals surface area contributed by atoms with Crippen LogP contribution in [0.4, 0.5) is 0 Å². The molecule has 2 heterocycles. The summed E-state index contributed by atoms with van der Waals surface area (Å²) < 4.78 is 2.77. The van der Waals surface area contributed by atoms with Crippen LogP contribution in [-0.2, 0) is 0 Å². The van der Waals surface area contributed by atoms with E-state index in [9.17, 15) is 4.79 Å². The average Bonchev–Trinajstić information content (AvgIpc) is 2.64. The van der Waals surface area contributed by atoms with Gasteiger partial charge in [0.2, 0.25) is 0 Å². The average molecular weight is 298 g/mol. The molecule has 0 fully saturated rings. The van der Waals surface area contributed by atoms with E-state index < -0.39 is 0 Å². The first-order chi connectivity index (χ1) is 8.10. The van der Waals surface area contributed by atoms with Crippen molar-refractivity contribution in [2.24, 2.45) is 0 Å². The zero-order chi connectivity index (χ0) is 12.6. The summed E-state index contributed by atoms with van der Waals surface area (Å²) in [6, 6.07) is 0.228. The summed E-state index contributed by atoms with van der Waals surface area (Å²) in [5.41, 5.74) is 2.57. The van der Waals surface area contributed by atoms with Gasteiger partial charge in [0, 0.05) is 16.7 Å². The molecule has 2 aromatic rings. The van der Waals surface area contributed by atoms with Gasteiger partial charge in [-0.1, -0.05) is 13.8 Å². The lowest BCUT2D eigenvalue weighted by atomic mass is 10.1. The molecule has 0 unspecified atom stereocenters. The Morgan fingerprint density at radius 2 is 2.12 bits per heavy atom. The van der Waals surface area contributed by atoms with Gasteiger partial charge in [0.15, 0.2) is 5.65 Å². The highest BCUT2D eigenvalue weighted by atomic mass is 79.9. The van der Waals surface area contributed by atoms with Crippen LogP contribution in [0.15, 0.2) is 15.5 Å². The third-order valence-corrected chi connectivity index (χ3v) is 4.04. The van der Waals surface area contributed by atoms with E-state index in [0.717, 1.165) is 28.4 Å². The van der Waals surface area contributed by atoms with E-state index >= 15 is 0 Å². The lowest BCUT2D eigenvalue weighted by Gasteiger charge is -2.15. The zero-order valence-corrected chi connectivity index (χ0v) is 11.8. The van der Waals surface area contributed by atoms with E-state index in [4.69, 9.17) is 0 Å². The quantitative estimate of drug-likeness (QED) is 0.946. The summed E-state index contributed by atoms with van der Waals surface area (Å²) in [5.74, 6) is 0. The summed E-state index contributed by atoms with van der Waals surface area (Å²) in [7, 11) is 0. The Balaban J connectivity index is 2.82. The number of nitrogens with zero attached hydrogens (tertiary/aromatic N) is 2. The van der Waals surface area contributed by atoms with Crippen molar-refractivity contribution >= 4 is 27.1 Å². The Morgan fingerprint density at radius 1 is 1.47 bits per heavy atom. The molecular formula is C12H16BrN3O. The molecule has 0 aliphatic rings. The number of imidazole rings is 1. The first-order valence-electron chi connectivity index (χ1n) is 5.85. The number of halogens is 1. The van der Waals surface area contributed by atoms with E-state index in [1.165, 1.54) is 0 Å². The van der Waals surface area contributed by atoms with Gasteiger partial charge in [0.1, 0.15) is 0 Å². The maximum atomic E-state index is 12.0. The smallest absolute Gasteiger partial charge is 0.290 e. The molecule has 0 aliphatic carbocycles. The third kappa shape index (κ3) is 1.92. The van der Waals surface area contributed by atoms with Gasteiger partial charge in [-0.15, -0.1) is 0 Å². The Bertz CT molecular complexity index is 596. The largest absolute Gasteiger partial charge is 0.327 e. The highest BCUT2D eigenvalue weighted by Gasteiger charge is 2.17. The number of fused-ring (bicyclic) bond motifs is 1. The fourth-order valence-corrected chi connectivity index (χ4v) is 2.51. The number of rotatable bonds is 3. The molecule has 17 heavy (non-hydrogen) atoms. The minimum Gasteiger partial charge on any atom is -0.290 e. The lowest BCUT2D eigenvalue weighted by molar-refractivity contribution is 0.471. The molecule has 92 valence electrons. The van der Waals surface area contributed by atoms with Gasteiger partial charge in [0.05, 0.1) is 5.52 Å². The molecular weight excluding hydrogens is 282 g/mol. The van der Waals surface area contributed by atoms with Crippen LogP contribution in [0.2, 0.25) is 0 Å². The van der Waals surface area contributed by atoms with Gasteiger partial charge >= 0.3 is 5.69 Å². The maximum absolute atomic E-state index is 12.0. The second-order valence-electron chi connectivity index (χ2n) is 4.20. The number of hydrogen-bond donors (Lipinski definition) is 1. The van der Waals surface area contributed by atoms with Gasteiger partial charge in [-0.25, -0.2) is 9.78 Å². The minimum atomic E-state index is -0.0672. The number of hydrogen-bond acceptors (Lipinski definition) is 2. The highest BCUT2D eigenvalue weighted by Crippen LogP contribution is 2.25. The first-order valence-corrected chi connectivity index (χ1v) is 6.64. The number of aromatic amines is 1. The summed E-state index contributed by atoms with van der Waals surface area (Å²) >= 11 is 3.46. The Kier molecular flexibility index (Phi) is 3.38. The number of aromatic nitrogens is 3. The van der Waals surface area contributed by atoms with Crippen LogP contribution < -0.4 is 5.69 Å². The molecule has 4 nitrogen and oxygen atoms in total. The van der Waals surface area contributed by atoms with Crippen LogP contribution in [-0.4, -0.2) is 14.5 Å². The summed E-state index contributed by atoms with van der Waals surface area (Å²) in [5, 5.41) is 0. The second-order valence-corrected chi connectivity index (χ2v) is 5.05. The second kappa shape index (κ2) is 4.64. The molecule has 0 bridgehead atoms. The monoisotopic (exact) mass is 297 g/mol. The molecule has 0 saturated carbocycles. The summed E-state index contributed by atoms with van der Waals surface area (Å²) in [6.45, 7) is 6.20. The van der Waals surface area contributed by atoms with Gasteiger partial charge in [-0.05, 0) is 41.3 Å². The molecule has 0 atom stereocenters. The Hall–Kier alpha value is -1.10. The van der Waals surface area contributed by atoms with Gasteiger partial charge in [0.25, 0.3) is 0 Å². The van der Waals surface area contributed by atoms with Crippen molar-refractivity contribution in [3.8, 4) is 0 Å². The topological polar surface area (TPSA) is 50.7 Å². The molecule has 5 heteroatoms. The van der Waals surface area contributed by atoms with Crippen molar-refractivity contribution in [2.45, 2.75) is 39.7 Å². The van der Waals surface area contributed by atoms with Crippen LogP contribution in [0.25, 0.3) is 11.2 Å². The first kappa shape index (κ1) is 12.4. The predicted molar refractivity (Wildman–Crippen MR) is 72.4 cm³/mol. The fraction of sp³-hybridized carbons (Fsp3) is 0.500. The van der Waals surface area contributed by atoms with Crippen LogP contribution in [0.3, 0.4) is 0 Å². The predicted octanol–water partition coefficient (Wildman–Crippen LogP) is 3.16. The number of nitrogens with one attached hydrogen (secondary N) is 1. The Morgan fingerprint density at radius 3 is 2.71 bits per heavy atom. The van der Waals surface area contributed by atoms with Crippen LogP contribution in [0.1, 0.15) is 38.3 Å². The van der Waals surface area contributed by atoms with Gasteiger partial charge in [-0.2, -0.15) is 0 Å². The molecule has 0 saturated heterocycles. The molecule has 1 N–H and O–H groups in total. The highest BCUT2D eigenvalue weighted by molar-refractivity contribution is 9.10. The normalized spacial score (nSPS) is 11.6. The molecule has 0 aromatic carbocycles. The number of aryl methyl sites for hydroxylation is 1. The summed E-state index contributed by atoms with van der Waals surface area (Å²) in [6.07, 6.45) is 3.61. The SMILES string of the molecule is CCC(CC)n1c(=O)[nH]c2ncc(Br)c(C)c21. The molecule has 0 spiro atoms. The van der Waals surface area contributed by atoms with Gasteiger partial charge in [-0.3, -0.25) is 9.55 Å². The third-order valence-electron chi connectivity index (χ3n) is 3.24. The van der Waals surface area contributed by atoms with Crippen LogP contribution >= 0.6 is 15.9 Å². The number of H-pyrrole nitrogens is 1. The minimum absolute atomic E-state index is 0.0672. The molecule has 0 aliphatic heterocycles. The standard InChI is InChI=1S/C12H16BrN3O/c1-4-8(5-2)16-10-7(3)9(13)6-14-11(10)15-12(16)17/h6,8H,4-5H2,1-3H3,(H,14,15,17). The van der Waals surface area contributed by atoms with Crippen LogP contribution in [0.5, 0.6) is 0 Å². The van der Waals surface area contributed by atoms with E-state index in [1.54, 1.807) is 6.20 Å². The molecule has 0 amide bonds. The van der Waals surface area contributed by atoms with Crippen molar-refractivity contribution in [3.63, 3.8) is 0 Å². The van der Waals surface area contributed by atoms with Crippen molar-refractivity contribution < 1.29 is 0 Å². The van der Waals surface area contributed by atoms with Crippen molar-refractivity contribution in [3.05, 3.63) is 26.7 Å². The van der Waals surface area contributed by atoms with E-state index in [1.807, 2.05) is 11.5 Å². The van der Waals surface area contributed by atoms with E-state index in [2.05, 4.69) is 39.7 Å². The van der Waals surface area contributed by atoms with Gasteiger partial charge < -0.3 is 0 Å². The molecule has 2 rings (SSSR count). The summed E-state index contributed by atoms with van der Waals surface area (Å²) in [4.78, 5) is 19.1. The van der Waals surface area contributed by atoms with Crippen molar-refractivity contribution in [2.75, 3.05) is 0 Å². The zero-order valence-electron chi connectivity index (χ0n) is 10.2. The van der Waals surface area contributed by atoms with Crippen molar-refractivity contribution in [1.29, 1.82) is 0 Å². The number of pyridine rings is 1. The molecule has 0 radical (unpaired) electrons. The Labute approximate surface area is 108 Å².